The average Bonchev–Trinajstić information content (AvgIpc) is 3.89. The molecule has 0 spiro atoms. The van der Waals surface area contributed by atoms with Crippen LogP contribution in [0.3, 0.4) is 0 Å². The van der Waals surface area contributed by atoms with Crippen LogP contribution in [0, 0.1) is 24.7 Å². The van der Waals surface area contributed by atoms with Gasteiger partial charge in [0.05, 0.1) is 43.6 Å². The highest BCUT2D eigenvalue weighted by atomic mass is 32.2. The summed E-state index contributed by atoms with van der Waals surface area (Å²) in [7, 11) is 1.72. The summed E-state index contributed by atoms with van der Waals surface area (Å²) in [4.78, 5) is 102. The summed E-state index contributed by atoms with van der Waals surface area (Å²) in [5.41, 5.74) is 0.997. The van der Waals surface area contributed by atoms with E-state index >= 15 is 4.79 Å². The van der Waals surface area contributed by atoms with E-state index in [0.717, 1.165) is 11.1 Å². The SMILES string of the molecule is C=CCO[C@H](C[C@H](C(C)C)N(CC=C)C(=O)[C@@H](NC(=O)C(C)(C)N(C)CCC(=O)NC(CCCCNC(=O)CSC)C(=O)NCCOCCO)C(C)CC)c1nc(C(=O)N[C@@H](Cc2ccc(C)cc2)CC(C)C(=O)O)cs1. The van der Waals surface area contributed by atoms with Crippen LogP contribution in [0.4, 0.5) is 0 Å². The van der Waals surface area contributed by atoms with Crippen molar-refractivity contribution in [3.8, 4) is 0 Å². The lowest BCUT2D eigenvalue weighted by molar-refractivity contribution is -0.143. The third-order valence-electron chi connectivity index (χ3n) is 13.6. The fourth-order valence-electron chi connectivity index (χ4n) is 8.32. The molecule has 7 N–H and O–H groups in total. The molecule has 1 aromatic carbocycles. The van der Waals surface area contributed by atoms with Gasteiger partial charge in [-0.1, -0.05) is 83.0 Å². The molecule has 2 rings (SSSR count). The zero-order valence-corrected chi connectivity index (χ0v) is 49.0. The van der Waals surface area contributed by atoms with Crippen molar-refractivity contribution >= 4 is 64.5 Å². The monoisotopic (exact) mass is 1110 g/mol. The van der Waals surface area contributed by atoms with Crippen molar-refractivity contribution in [3.05, 3.63) is 76.8 Å². The third kappa shape index (κ3) is 24.2. The predicted octanol–water partition coefficient (Wildman–Crippen LogP) is 5.47. The van der Waals surface area contributed by atoms with E-state index in [2.05, 4.69) is 39.7 Å². The highest BCUT2D eigenvalue weighted by molar-refractivity contribution is 7.99. The van der Waals surface area contributed by atoms with Crippen molar-refractivity contribution in [3.63, 3.8) is 0 Å². The molecule has 3 unspecified atom stereocenters. The Morgan fingerprint density at radius 2 is 1.62 bits per heavy atom. The third-order valence-corrected chi connectivity index (χ3v) is 15.1. The molecule has 432 valence electrons. The largest absolute Gasteiger partial charge is 0.481 e. The van der Waals surface area contributed by atoms with Gasteiger partial charge in [-0.2, -0.15) is 11.8 Å². The van der Waals surface area contributed by atoms with E-state index in [9.17, 15) is 33.9 Å². The number of aliphatic hydroxyl groups is 1. The minimum Gasteiger partial charge on any atom is -0.481 e. The van der Waals surface area contributed by atoms with Crippen molar-refractivity contribution < 1.29 is 53.2 Å². The first-order chi connectivity index (χ1) is 36.5. The van der Waals surface area contributed by atoms with Crippen LogP contribution in [-0.2, 0) is 44.7 Å². The molecule has 21 heteroatoms. The number of aromatic nitrogens is 1. The molecule has 0 saturated heterocycles. The molecular formula is C56H90N8O11S2. The van der Waals surface area contributed by atoms with Crippen molar-refractivity contribution in [2.75, 3.05) is 71.7 Å². The van der Waals surface area contributed by atoms with E-state index < -0.39 is 71.3 Å². The number of aliphatic carboxylic acids is 1. The Labute approximate surface area is 465 Å². The quantitative estimate of drug-likeness (QED) is 0.0323. The number of carbonyl (C=O) groups is 7. The summed E-state index contributed by atoms with van der Waals surface area (Å²) in [6, 6.07) is 5.13. The van der Waals surface area contributed by atoms with Crippen LogP contribution in [-0.4, -0.2) is 168 Å². The van der Waals surface area contributed by atoms with E-state index in [1.807, 2.05) is 65.1 Å². The highest BCUT2D eigenvalue weighted by Crippen LogP contribution is 2.32. The number of rotatable bonds is 40. The molecule has 0 aliphatic heterocycles. The fourth-order valence-corrected chi connectivity index (χ4v) is 9.54. The van der Waals surface area contributed by atoms with E-state index in [1.165, 1.54) is 23.1 Å². The van der Waals surface area contributed by atoms with Crippen LogP contribution in [0.25, 0.3) is 0 Å². The summed E-state index contributed by atoms with van der Waals surface area (Å²) in [5.74, 6) is -3.77. The lowest BCUT2D eigenvalue weighted by Gasteiger charge is -2.40. The lowest BCUT2D eigenvalue weighted by Crippen LogP contribution is -2.61. The number of ether oxygens (including phenoxy) is 2. The first kappa shape index (κ1) is 67.9. The van der Waals surface area contributed by atoms with Gasteiger partial charge in [0.15, 0.2) is 0 Å². The van der Waals surface area contributed by atoms with Crippen molar-refractivity contribution in [1.82, 2.24) is 41.4 Å². The summed E-state index contributed by atoms with van der Waals surface area (Å²) >= 11 is 2.67. The van der Waals surface area contributed by atoms with Crippen LogP contribution in [0.2, 0.25) is 0 Å². The Morgan fingerprint density at radius 1 is 0.922 bits per heavy atom. The fraction of sp³-hybridized carbons (Fsp3) is 0.643. The van der Waals surface area contributed by atoms with Gasteiger partial charge in [-0.15, -0.1) is 24.5 Å². The Kier molecular flexibility index (Phi) is 31.8. The van der Waals surface area contributed by atoms with E-state index in [4.69, 9.17) is 19.6 Å². The maximum Gasteiger partial charge on any atom is 0.306 e. The number of benzene rings is 1. The zero-order valence-electron chi connectivity index (χ0n) is 47.3. The van der Waals surface area contributed by atoms with Crippen molar-refractivity contribution in [2.45, 2.75) is 143 Å². The van der Waals surface area contributed by atoms with E-state index in [-0.39, 0.29) is 94.7 Å². The number of hydrogen-bond donors (Lipinski definition) is 7. The average molecular weight is 1120 g/mol. The van der Waals surface area contributed by atoms with Gasteiger partial charge in [-0.05, 0) is 83.6 Å². The molecule has 0 fully saturated rings. The Balaban J connectivity index is 2.30. The number of thioether (sulfide) groups is 1. The molecule has 0 bridgehead atoms. The van der Waals surface area contributed by atoms with Gasteiger partial charge in [0.2, 0.25) is 29.5 Å². The first-order valence-corrected chi connectivity index (χ1v) is 29.0. The van der Waals surface area contributed by atoms with Crippen LogP contribution in [0.5, 0.6) is 0 Å². The molecule has 1 heterocycles. The number of carboxylic acid groups (broad SMARTS) is 1. The number of hydrogen-bond acceptors (Lipinski definition) is 14. The second kappa shape index (κ2) is 36.1. The summed E-state index contributed by atoms with van der Waals surface area (Å²) < 4.78 is 11.6. The van der Waals surface area contributed by atoms with Crippen LogP contribution >= 0.6 is 23.1 Å². The Hall–Kier alpha value is -5.19. The summed E-state index contributed by atoms with van der Waals surface area (Å²) in [6.45, 7) is 23.9. The molecule has 0 saturated carbocycles. The Bertz CT molecular complexity index is 2170. The molecule has 0 radical (unpaired) electrons. The smallest absolute Gasteiger partial charge is 0.306 e. The number of nitrogens with one attached hydrogen (secondary N) is 5. The van der Waals surface area contributed by atoms with E-state index in [0.29, 0.717) is 49.4 Å². The van der Waals surface area contributed by atoms with Gasteiger partial charge in [0.1, 0.15) is 28.9 Å². The number of likely N-dealkylation sites (N-methyl/N-ethyl adjacent to an activating group) is 1. The number of aliphatic hydroxyl groups excluding tert-OH is 1. The molecule has 19 nitrogen and oxygen atoms in total. The topological polar surface area (TPSA) is 258 Å². The number of carbonyl (C=O) groups excluding carboxylic acids is 6. The number of aryl methyl sites for hydroxylation is 1. The number of unbranched alkanes of at least 4 members (excludes halogenated alkanes) is 1. The highest BCUT2D eigenvalue weighted by Gasteiger charge is 2.40. The van der Waals surface area contributed by atoms with Gasteiger partial charge >= 0.3 is 5.97 Å². The number of amides is 6. The van der Waals surface area contributed by atoms with Gasteiger partial charge in [0, 0.05) is 56.5 Å². The minimum atomic E-state index is -1.20. The summed E-state index contributed by atoms with van der Waals surface area (Å²) in [5, 5.41) is 35.4. The number of thiazole rings is 1. The standard InChI is InChI=1S/C56H90N8O11S2/c1-13-26-64(45(37(4)5)34-46(75-29-14-2)52-61-44(35-77-52)51(69)59-42(32-40(8)54(71)72)33-41-21-19-38(6)20-22-41)53(70)49(39(7)15-3)62-55(73)56(9,10)63(11)27-23-47(66)60-43(50(68)58-25-30-74-31-28-65)18-16-17-24-57-48(67)36-76-12/h13-14,19-22,35,37,39-40,42-43,45-46,49,65H,1-2,15-18,23-34,36H2,3-12H3,(H,57,67)(H,58,68)(H,59,69)(H,60,66)(H,62,73)(H,71,72)/t39?,40?,42-,43?,45-,46-,49+/m1/s1. The van der Waals surface area contributed by atoms with Crippen LogP contribution in [0.15, 0.2) is 55.0 Å². The summed E-state index contributed by atoms with van der Waals surface area (Å²) in [6.07, 6.45) is 7.35. The molecule has 0 aliphatic carbocycles. The molecule has 0 aliphatic rings. The predicted molar refractivity (Wildman–Crippen MR) is 305 cm³/mol. The van der Waals surface area contributed by atoms with Gasteiger partial charge in [0.25, 0.3) is 5.91 Å². The van der Waals surface area contributed by atoms with Crippen molar-refractivity contribution in [1.29, 1.82) is 0 Å². The van der Waals surface area contributed by atoms with Crippen LogP contribution < -0.4 is 26.6 Å². The minimum absolute atomic E-state index is 0.0425. The first-order valence-electron chi connectivity index (χ1n) is 26.8. The normalized spacial score (nSPS) is 14.3. The van der Waals surface area contributed by atoms with Gasteiger partial charge in [-0.25, -0.2) is 4.98 Å². The maximum absolute atomic E-state index is 15.0. The second-order valence-corrected chi connectivity index (χ2v) is 22.2. The van der Waals surface area contributed by atoms with Crippen molar-refractivity contribution in [2.24, 2.45) is 17.8 Å². The molecule has 7 atom stereocenters. The molecule has 6 amide bonds. The lowest BCUT2D eigenvalue weighted by atomic mass is 9.91. The molecular weight excluding hydrogens is 1020 g/mol. The van der Waals surface area contributed by atoms with E-state index in [1.54, 1.807) is 55.2 Å². The second-order valence-electron chi connectivity index (χ2n) is 20.4. The van der Waals surface area contributed by atoms with Gasteiger partial charge < -0.3 is 51.2 Å². The van der Waals surface area contributed by atoms with Gasteiger partial charge in [-0.3, -0.25) is 38.5 Å². The maximum atomic E-state index is 15.0. The molecule has 2 aromatic rings. The zero-order chi connectivity index (χ0) is 57.7. The molecule has 77 heavy (non-hydrogen) atoms. The molecule has 1 aromatic heterocycles. The Morgan fingerprint density at radius 3 is 2.23 bits per heavy atom. The number of nitrogens with zero attached hydrogens (tertiary/aromatic N) is 3. The van der Waals surface area contributed by atoms with Crippen LogP contribution in [0.1, 0.15) is 126 Å². The number of carboxylic acids is 1.